The molecule has 0 aliphatic carbocycles. The van der Waals surface area contributed by atoms with Crippen LogP contribution in [0.3, 0.4) is 0 Å². The van der Waals surface area contributed by atoms with Gasteiger partial charge in [-0.3, -0.25) is 9.59 Å². The lowest BCUT2D eigenvalue weighted by atomic mass is 9.89. The highest BCUT2D eigenvalue weighted by Gasteiger charge is 2.33. The summed E-state index contributed by atoms with van der Waals surface area (Å²) < 4.78 is 11.0. The SMILES string of the molecule is C=CCOc1ccccc1CN(CC)C(=O)C1CC(=O)Nc2ccc(OC)cc21. The Labute approximate surface area is 171 Å². The molecule has 0 saturated carbocycles. The van der Waals surface area contributed by atoms with E-state index in [-0.39, 0.29) is 18.2 Å². The number of hydrogen-bond donors (Lipinski definition) is 1. The van der Waals surface area contributed by atoms with Crippen molar-refractivity contribution in [3.63, 3.8) is 0 Å². The Morgan fingerprint density at radius 3 is 2.83 bits per heavy atom. The normalized spacial score (nSPS) is 15.1. The van der Waals surface area contributed by atoms with E-state index in [1.165, 1.54) is 0 Å². The average Bonchev–Trinajstić information content (AvgIpc) is 2.75. The maximum absolute atomic E-state index is 13.4. The Kier molecular flexibility index (Phi) is 6.54. The maximum atomic E-state index is 13.4. The predicted molar refractivity (Wildman–Crippen MR) is 112 cm³/mol. The van der Waals surface area contributed by atoms with E-state index in [0.29, 0.717) is 31.1 Å². The highest BCUT2D eigenvalue weighted by molar-refractivity contribution is 6.01. The van der Waals surface area contributed by atoms with E-state index in [2.05, 4.69) is 11.9 Å². The molecule has 0 spiro atoms. The second kappa shape index (κ2) is 9.28. The van der Waals surface area contributed by atoms with Gasteiger partial charge >= 0.3 is 0 Å². The minimum atomic E-state index is -0.546. The number of hydrogen-bond acceptors (Lipinski definition) is 4. The van der Waals surface area contributed by atoms with Crippen molar-refractivity contribution in [3.8, 4) is 11.5 Å². The first-order valence-electron chi connectivity index (χ1n) is 9.65. The van der Waals surface area contributed by atoms with Crippen molar-refractivity contribution in [3.05, 3.63) is 66.2 Å². The summed E-state index contributed by atoms with van der Waals surface area (Å²) in [5.74, 6) is 0.586. The van der Waals surface area contributed by atoms with Crippen LogP contribution in [-0.4, -0.2) is 37.0 Å². The van der Waals surface area contributed by atoms with Crippen molar-refractivity contribution in [2.24, 2.45) is 0 Å². The fraction of sp³-hybridized carbons (Fsp3) is 0.304. The number of likely N-dealkylation sites (N-methyl/N-ethyl adjacent to an activating group) is 1. The first kappa shape index (κ1) is 20.5. The number of para-hydroxylation sites is 1. The molecule has 0 saturated heterocycles. The predicted octanol–water partition coefficient (Wildman–Crippen LogP) is 3.73. The van der Waals surface area contributed by atoms with E-state index in [1.807, 2.05) is 37.3 Å². The monoisotopic (exact) mass is 394 g/mol. The van der Waals surface area contributed by atoms with Crippen molar-refractivity contribution in [2.45, 2.75) is 25.8 Å². The number of methoxy groups -OCH3 is 1. The molecule has 1 aliphatic heterocycles. The summed E-state index contributed by atoms with van der Waals surface area (Å²) >= 11 is 0. The van der Waals surface area contributed by atoms with E-state index in [0.717, 1.165) is 16.9 Å². The van der Waals surface area contributed by atoms with E-state index in [4.69, 9.17) is 9.47 Å². The lowest BCUT2D eigenvalue weighted by molar-refractivity contribution is -0.135. The number of benzene rings is 2. The molecule has 2 amide bonds. The molecule has 1 atom stereocenters. The Morgan fingerprint density at radius 1 is 1.31 bits per heavy atom. The number of ether oxygens (including phenoxy) is 2. The molecule has 6 heteroatoms. The van der Waals surface area contributed by atoms with Crippen LogP contribution >= 0.6 is 0 Å². The molecule has 1 unspecified atom stereocenters. The lowest BCUT2D eigenvalue weighted by Crippen LogP contribution is -2.38. The Morgan fingerprint density at radius 2 is 2.10 bits per heavy atom. The van der Waals surface area contributed by atoms with Gasteiger partial charge in [0, 0.05) is 30.8 Å². The highest BCUT2D eigenvalue weighted by atomic mass is 16.5. The second-order valence-corrected chi connectivity index (χ2v) is 6.82. The number of anilines is 1. The number of nitrogens with one attached hydrogen (secondary N) is 1. The third kappa shape index (κ3) is 4.59. The molecule has 1 N–H and O–H groups in total. The molecule has 0 aromatic heterocycles. The molecule has 0 bridgehead atoms. The van der Waals surface area contributed by atoms with Gasteiger partial charge in [-0.1, -0.05) is 30.9 Å². The topological polar surface area (TPSA) is 67.9 Å². The second-order valence-electron chi connectivity index (χ2n) is 6.82. The number of nitrogens with zero attached hydrogens (tertiary/aromatic N) is 1. The molecular weight excluding hydrogens is 368 g/mol. The molecule has 29 heavy (non-hydrogen) atoms. The molecule has 1 heterocycles. The smallest absolute Gasteiger partial charge is 0.231 e. The van der Waals surface area contributed by atoms with Crippen molar-refractivity contribution in [2.75, 3.05) is 25.6 Å². The van der Waals surface area contributed by atoms with Crippen molar-refractivity contribution in [1.29, 1.82) is 0 Å². The average molecular weight is 394 g/mol. The highest BCUT2D eigenvalue weighted by Crippen LogP contribution is 2.36. The minimum absolute atomic E-state index is 0.0876. The van der Waals surface area contributed by atoms with Crippen LogP contribution in [0.15, 0.2) is 55.1 Å². The number of carbonyl (C=O) groups is 2. The quantitative estimate of drug-likeness (QED) is 0.693. The van der Waals surface area contributed by atoms with Crippen LogP contribution < -0.4 is 14.8 Å². The minimum Gasteiger partial charge on any atom is -0.497 e. The molecule has 3 rings (SSSR count). The van der Waals surface area contributed by atoms with Gasteiger partial charge in [-0.2, -0.15) is 0 Å². The summed E-state index contributed by atoms with van der Waals surface area (Å²) in [4.78, 5) is 27.4. The molecule has 2 aromatic carbocycles. The van der Waals surface area contributed by atoms with E-state index >= 15 is 0 Å². The van der Waals surface area contributed by atoms with Crippen LogP contribution in [0, 0.1) is 0 Å². The molecule has 6 nitrogen and oxygen atoms in total. The van der Waals surface area contributed by atoms with E-state index in [1.54, 1.807) is 30.2 Å². The van der Waals surface area contributed by atoms with Gasteiger partial charge in [-0.15, -0.1) is 0 Å². The number of carbonyl (C=O) groups excluding carboxylic acids is 2. The van der Waals surface area contributed by atoms with Gasteiger partial charge in [-0.05, 0) is 36.8 Å². The van der Waals surface area contributed by atoms with Crippen LogP contribution in [0.2, 0.25) is 0 Å². The zero-order chi connectivity index (χ0) is 20.8. The molecule has 2 aromatic rings. The van der Waals surface area contributed by atoms with Gasteiger partial charge in [0.25, 0.3) is 0 Å². The molecule has 152 valence electrons. The summed E-state index contributed by atoms with van der Waals surface area (Å²) in [6, 6.07) is 13.0. The van der Waals surface area contributed by atoms with Gasteiger partial charge in [0.15, 0.2) is 0 Å². The number of fused-ring (bicyclic) bond motifs is 1. The van der Waals surface area contributed by atoms with Gasteiger partial charge in [0.05, 0.1) is 13.0 Å². The van der Waals surface area contributed by atoms with Gasteiger partial charge in [-0.25, -0.2) is 0 Å². The fourth-order valence-corrected chi connectivity index (χ4v) is 3.48. The first-order chi connectivity index (χ1) is 14.1. The largest absolute Gasteiger partial charge is 0.497 e. The first-order valence-corrected chi connectivity index (χ1v) is 9.65. The van der Waals surface area contributed by atoms with Crippen LogP contribution in [0.4, 0.5) is 5.69 Å². The Bertz CT molecular complexity index is 910. The molecule has 1 aliphatic rings. The molecule has 0 radical (unpaired) electrons. The summed E-state index contributed by atoms with van der Waals surface area (Å²) in [5, 5.41) is 2.84. The van der Waals surface area contributed by atoms with Crippen LogP contribution in [0.1, 0.15) is 30.4 Å². The Hall–Kier alpha value is -3.28. The summed E-state index contributed by atoms with van der Waals surface area (Å²) in [6.45, 7) is 6.93. The van der Waals surface area contributed by atoms with Gasteiger partial charge in [0.1, 0.15) is 18.1 Å². The zero-order valence-corrected chi connectivity index (χ0v) is 16.8. The van der Waals surface area contributed by atoms with Gasteiger partial charge < -0.3 is 19.7 Å². The van der Waals surface area contributed by atoms with Crippen molar-refractivity contribution < 1.29 is 19.1 Å². The molecular formula is C23H26N2O4. The van der Waals surface area contributed by atoms with Crippen molar-refractivity contribution in [1.82, 2.24) is 4.90 Å². The standard InChI is InChI=1S/C23H26N2O4/c1-4-12-29-21-9-7-6-8-16(21)15-25(5-2)23(27)19-14-22(26)24-20-11-10-17(28-3)13-18(19)20/h4,6-11,13,19H,1,5,12,14-15H2,2-3H3,(H,24,26). The van der Waals surface area contributed by atoms with E-state index < -0.39 is 5.92 Å². The number of rotatable bonds is 8. The van der Waals surface area contributed by atoms with Crippen LogP contribution in [0.25, 0.3) is 0 Å². The number of amides is 2. The third-order valence-electron chi connectivity index (χ3n) is 4.98. The molecule has 0 fully saturated rings. The third-order valence-corrected chi connectivity index (χ3v) is 4.98. The summed E-state index contributed by atoms with van der Waals surface area (Å²) in [6.07, 6.45) is 1.80. The Balaban J connectivity index is 1.87. The maximum Gasteiger partial charge on any atom is 0.231 e. The van der Waals surface area contributed by atoms with Crippen LogP contribution in [-0.2, 0) is 16.1 Å². The zero-order valence-electron chi connectivity index (χ0n) is 16.8. The lowest BCUT2D eigenvalue weighted by Gasteiger charge is -2.30. The van der Waals surface area contributed by atoms with Crippen molar-refractivity contribution >= 4 is 17.5 Å². The van der Waals surface area contributed by atoms with E-state index in [9.17, 15) is 9.59 Å². The fourth-order valence-electron chi connectivity index (χ4n) is 3.48. The summed E-state index contributed by atoms with van der Waals surface area (Å²) in [5.41, 5.74) is 2.35. The summed E-state index contributed by atoms with van der Waals surface area (Å²) in [7, 11) is 1.58. The van der Waals surface area contributed by atoms with Gasteiger partial charge in [0.2, 0.25) is 11.8 Å². The van der Waals surface area contributed by atoms with Crippen LogP contribution in [0.5, 0.6) is 11.5 Å².